The van der Waals surface area contributed by atoms with Gasteiger partial charge in [0.1, 0.15) is 11.3 Å². The lowest BCUT2D eigenvalue weighted by Crippen LogP contribution is -2.35. The molecule has 0 bridgehead atoms. The number of carbonyl (C=O) groups excluding carboxylic acids is 2. The van der Waals surface area contributed by atoms with E-state index in [1.165, 1.54) is 18.2 Å². The van der Waals surface area contributed by atoms with Crippen LogP contribution >= 0.6 is 27.5 Å². The van der Waals surface area contributed by atoms with E-state index in [9.17, 15) is 9.59 Å². The molecule has 2 amide bonds. The Morgan fingerprint density at radius 2 is 1.88 bits per heavy atom. The molecule has 1 fully saturated rings. The maximum absolute atomic E-state index is 12.6. The molecule has 0 aliphatic carbocycles. The Balaban J connectivity index is 1.97. The number of ether oxygens (including phenoxy) is 1. The van der Waals surface area contributed by atoms with Crippen molar-refractivity contribution in [2.24, 2.45) is 0 Å². The third kappa shape index (κ3) is 3.16. The molecule has 2 aromatic carbocycles. The molecule has 24 heavy (non-hydrogen) atoms. The van der Waals surface area contributed by atoms with E-state index in [4.69, 9.17) is 16.3 Å². The number of nitrogens with zero attached hydrogens (tertiary/aromatic N) is 1. The van der Waals surface area contributed by atoms with Gasteiger partial charge < -0.3 is 4.74 Å². The van der Waals surface area contributed by atoms with E-state index in [-0.39, 0.29) is 5.57 Å². The van der Waals surface area contributed by atoms with E-state index in [2.05, 4.69) is 21.4 Å². The highest BCUT2D eigenvalue weighted by atomic mass is 79.9. The SMILES string of the molecule is COc1ccc(Br)cc1/C=C1\C(=O)NN(c2ccc(Cl)cc2)C1=O. The van der Waals surface area contributed by atoms with Crippen LogP contribution < -0.4 is 15.2 Å². The first-order valence-electron chi connectivity index (χ1n) is 6.96. The molecule has 3 rings (SSSR count). The van der Waals surface area contributed by atoms with Crippen molar-refractivity contribution in [1.29, 1.82) is 0 Å². The minimum atomic E-state index is -0.475. The minimum absolute atomic E-state index is 0.0290. The van der Waals surface area contributed by atoms with Crippen molar-refractivity contribution in [3.63, 3.8) is 0 Å². The maximum Gasteiger partial charge on any atom is 0.282 e. The molecule has 1 heterocycles. The van der Waals surface area contributed by atoms with Gasteiger partial charge >= 0.3 is 0 Å². The summed E-state index contributed by atoms with van der Waals surface area (Å²) in [4.78, 5) is 24.8. The van der Waals surface area contributed by atoms with Crippen LogP contribution in [0.5, 0.6) is 5.75 Å². The Morgan fingerprint density at radius 1 is 1.17 bits per heavy atom. The Kier molecular flexibility index (Phi) is 4.59. The third-order valence-electron chi connectivity index (χ3n) is 3.47. The van der Waals surface area contributed by atoms with Gasteiger partial charge in [-0.2, -0.15) is 0 Å². The summed E-state index contributed by atoms with van der Waals surface area (Å²) in [6.45, 7) is 0. The first-order chi connectivity index (χ1) is 11.5. The first-order valence-corrected chi connectivity index (χ1v) is 8.13. The zero-order valence-corrected chi connectivity index (χ0v) is 14.9. The standard InChI is InChI=1S/C17H12BrClN2O3/c1-24-15-7-2-11(18)8-10(15)9-14-16(22)20-21(17(14)23)13-5-3-12(19)4-6-13/h2-9H,1H3,(H,20,22)/b14-9+. The number of nitrogens with one attached hydrogen (secondary N) is 1. The smallest absolute Gasteiger partial charge is 0.282 e. The molecule has 1 aliphatic heterocycles. The Labute approximate surface area is 152 Å². The summed E-state index contributed by atoms with van der Waals surface area (Å²) < 4.78 is 6.08. The molecule has 2 aromatic rings. The topological polar surface area (TPSA) is 58.6 Å². The van der Waals surface area contributed by atoms with Crippen molar-refractivity contribution < 1.29 is 14.3 Å². The third-order valence-corrected chi connectivity index (χ3v) is 4.21. The quantitative estimate of drug-likeness (QED) is 0.625. The van der Waals surface area contributed by atoms with Crippen LogP contribution in [0, 0.1) is 0 Å². The molecule has 0 aromatic heterocycles. The van der Waals surface area contributed by atoms with Crippen LogP contribution in [0.2, 0.25) is 5.02 Å². The van der Waals surface area contributed by atoms with Crippen LogP contribution in [0.25, 0.3) is 6.08 Å². The second-order valence-corrected chi connectivity index (χ2v) is 6.35. The van der Waals surface area contributed by atoms with Crippen LogP contribution in [-0.4, -0.2) is 18.9 Å². The van der Waals surface area contributed by atoms with Crippen LogP contribution in [0.3, 0.4) is 0 Å². The van der Waals surface area contributed by atoms with Gasteiger partial charge in [-0.25, -0.2) is 5.01 Å². The van der Waals surface area contributed by atoms with Gasteiger partial charge in [0.2, 0.25) is 0 Å². The normalized spacial score (nSPS) is 15.8. The van der Waals surface area contributed by atoms with Crippen molar-refractivity contribution in [3.05, 3.63) is 63.1 Å². The summed E-state index contributed by atoms with van der Waals surface area (Å²) in [6, 6.07) is 12.0. The largest absolute Gasteiger partial charge is 0.496 e. The number of hydrogen-bond acceptors (Lipinski definition) is 3. The van der Waals surface area contributed by atoms with Gasteiger partial charge in [-0.15, -0.1) is 0 Å². The van der Waals surface area contributed by atoms with E-state index < -0.39 is 11.8 Å². The highest BCUT2D eigenvalue weighted by Crippen LogP contribution is 2.28. The summed E-state index contributed by atoms with van der Waals surface area (Å²) in [5.41, 5.74) is 3.73. The predicted octanol–water partition coefficient (Wildman–Crippen LogP) is 3.57. The fourth-order valence-corrected chi connectivity index (χ4v) is 2.81. The predicted molar refractivity (Wildman–Crippen MR) is 95.8 cm³/mol. The van der Waals surface area contributed by atoms with Crippen molar-refractivity contribution in [3.8, 4) is 5.75 Å². The van der Waals surface area contributed by atoms with E-state index in [1.54, 1.807) is 36.4 Å². The van der Waals surface area contributed by atoms with Crippen molar-refractivity contribution in [2.75, 3.05) is 12.1 Å². The van der Waals surface area contributed by atoms with E-state index >= 15 is 0 Å². The molecular weight excluding hydrogens is 396 g/mol. The van der Waals surface area contributed by atoms with Gasteiger partial charge in [0, 0.05) is 15.1 Å². The molecule has 0 spiro atoms. The second kappa shape index (κ2) is 6.67. The van der Waals surface area contributed by atoms with Crippen LogP contribution in [0.1, 0.15) is 5.56 Å². The zero-order valence-electron chi connectivity index (χ0n) is 12.5. The Bertz CT molecular complexity index is 849. The van der Waals surface area contributed by atoms with E-state index in [0.717, 1.165) is 4.47 Å². The van der Waals surface area contributed by atoms with Gasteiger partial charge in [0.15, 0.2) is 0 Å². The number of hydrazine groups is 1. The molecular formula is C17H12BrClN2O3. The Morgan fingerprint density at radius 3 is 2.54 bits per heavy atom. The number of amides is 2. The lowest BCUT2D eigenvalue weighted by Gasteiger charge is -2.14. The van der Waals surface area contributed by atoms with Gasteiger partial charge in [-0.3, -0.25) is 15.0 Å². The fourth-order valence-electron chi connectivity index (χ4n) is 2.30. The number of rotatable bonds is 3. The van der Waals surface area contributed by atoms with Crippen molar-refractivity contribution in [1.82, 2.24) is 5.43 Å². The molecule has 0 atom stereocenters. The van der Waals surface area contributed by atoms with Gasteiger partial charge in [0.05, 0.1) is 12.8 Å². The van der Waals surface area contributed by atoms with Gasteiger partial charge in [-0.05, 0) is 48.5 Å². The number of methoxy groups -OCH3 is 1. The molecule has 1 saturated heterocycles. The average Bonchev–Trinajstić information content (AvgIpc) is 2.84. The lowest BCUT2D eigenvalue weighted by molar-refractivity contribution is -0.117. The summed E-state index contributed by atoms with van der Waals surface area (Å²) in [5.74, 6) is -0.349. The summed E-state index contributed by atoms with van der Waals surface area (Å²) in [5, 5.41) is 1.74. The molecule has 5 nitrogen and oxygen atoms in total. The van der Waals surface area contributed by atoms with Gasteiger partial charge in [0.25, 0.3) is 11.8 Å². The number of hydrogen-bond donors (Lipinski definition) is 1. The summed E-state index contributed by atoms with van der Waals surface area (Å²) in [6.07, 6.45) is 1.51. The maximum atomic E-state index is 12.6. The van der Waals surface area contributed by atoms with Crippen LogP contribution in [-0.2, 0) is 9.59 Å². The summed E-state index contributed by atoms with van der Waals surface area (Å²) >= 11 is 9.21. The zero-order chi connectivity index (χ0) is 17.3. The average molecular weight is 408 g/mol. The molecule has 0 unspecified atom stereocenters. The lowest BCUT2D eigenvalue weighted by atomic mass is 10.1. The number of carbonyl (C=O) groups is 2. The van der Waals surface area contributed by atoms with E-state index in [0.29, 0.717) is 22.0 Å². The van der Waals surface area contributed by atoms with Crippen molar-refractivity contribution in [2.45, 2.75) is 0 Å². The number of halogens is 2. The Hall–Kier alpha value is -2.31. The van der Waals surface area contributed by atoms with Crippen LogP contribution in [0.4, 0.5) is 5.69 Å². The molecule has 1 aliphatic rings. The van der Waals surface area contributed by atoms with Crippen molar-refractivity contribution >= 4 is 51.1 Å². The molecule has 7 heteroatoms. The first kappa shape index (κ1) is 16.5. The number of anilines is 1. The number of benzene rings is 2. The highest BCUT2D eigenvalue weighted by molar-refractivity contribution is 9.10. The molecule has 0 saturated carbocycles. The van der Waals surface area contributed by atoms with E-state index in [1.807, 2.05) is 6.07 Å². The summed E-state index contributed by atoms with van der Waals surface area (Å²) in [7, 11) is 1.53. The second-order valence-electron chi connectivity index (χ2n) is 5.00. The molecule has 1 N–H and O–H groups in total. The van der Waals surface area contributed by atoms with Crippen LogP contribution in [0.15, 0.2) is 52.5 Å². The fraction of sp³-hybridized carbons (Fsp3) is 0.0588. The molecule has 0 radical (unpaired) electrons. The van der Waals surface area contributed by atoms with Gasteiger partial charge in [-0.1, -0.05) is 27.5 Å². The minimum Gasteiger partial charge on any atom is -0.496 e. The monoisotopic (exact) mass is 406 g/mol. The molecule has 122 valence electrons. The highest BCUT2D eigenvalue weighted by Gasteiger charge is 2.34.